The van der Waals surface area contributed by atoms with Crippen LogP contribution in [0.5, 0.6) is 0 Å². The number of carbonyl (C=O) groups is 3. The monoisotopic (exact) mass is 656 g/mol. The molecule has 2 aromatic rings. The van der Waals surface area contributed by atoms with Gasteiger partial charge in [0.2, 0.25) is 25.7 Å². The topological polar surface area (TPSA) is 222 Å². The number of ether oxygens (including phenoxy) is 4. The van der Waals surface area contributed by atoms with Crippen molar-refractivity contribution in [3.63, 3.8) is 0 Å². The van der Waals surface area contributed by atoms with Crippen LogP contribution >= 0.6 is 7.60 Å². The first-order chi connectivity index (χ1) is 20.9. The normalized spacial score (nSPS) is 17.2. The Hall–Kier alpha value is -4.12. The van der Waals surface area contributed by atoms with Crippen LogP contribution in [0.3, 0.4) is 0 Å². The number of methoxy groups -OCH3 is 1. The minimum absolute atomic E-state index is 0.0264. The van der Waals surface area contributed by atoms with Crippen molar-refractivity contribution in [1.82, 2.24) is 24.5 Å². The summed E-state index contributed by atoms with van der Waals surface area (Å²) in [5.74, 6) is -2.11. The van der Waals surface area contributed by atoms with E-state index < -0.39 is 67.9 Å². The number of rotatable bonds is 12. The average molecular weight is 657 g/mol. The number of carbonyl (C=O) groups excluding carboxylic acids is 3. The summed E-state index contributed by atoms with van der Waals surface area (Å²) in [6.45, 7) is 9.13. The predicted molar refractivity (Wildman–Crippen MR) is 154 cm³/mol. The predicted octanol–water partition coefficient (Wildman–Crippen LogP) is 1.75. The number of aliphatic hydroxyl groups excluding tert-OH is 1. The number of amides is 1. The summed E-state index contributed by atoms with van der Waals surface area (Å²) in [4.78, 5) is 52.0. The van der Waals surface area contributed by atoms with E-state index in [9.17, 15) is 28.8 Å². The fraction of sp³-hybridized carbons (Fsp3) is 0.577. The standard InChI is InChI=1S/C26H37N6O12P/c1-15(33)27-17-9-10-32(24(37)28-17)21-20(39-8)19(34)16(44-21)11-31-12-18(29-30-31)45(38,42-13-40-22(35)25(2,3)4)43-14-41-23(36)26(5,6)7/h9-10,12,20-21,34H,11,13-14H2,1-8H3,(H,27,28,33,37)/t20?,21-/m1/s1. The Bertz CT molecular complexity index is 1520. The Balaban J connectivity index is 1.80. The van der Waals surface area contributed by atoms with Crippen molar-refractivity contribution in [3.8, 4) is 0 Å². The zero-order valence-electron chi connectivity index (χ0n) is 26.1. The number of aliphatic hydroxyl groups is 1. The minimum atomic E-state index is -4.40. The Labute approximate surface area is 258 Å². The van der Waals surface area contributed by atoms with Gasteiger partial charge in [0.1, 0.15) is 12.4 Å². The lowest BCUT2D eigenvalue weighted by Crippen LogP contribution is -2.34. The number of allylic oxidation sites excluding steroid dienone is 1. The van der Waals surface area contributed by atoms with Gasteiger partial charge in [-0.3, -0.25) is 32.6 Å². The van der Waals surface area contributed by atoms with Gasteiger partial charge in [-0.2, -0.15) is 4.98 Å². The van der Waals surface area contributed by atoms with Gasteiger partial charge >= 0.3 is 25.2 Å². The van der Waals surface area contributed by atoms with Gasteiger partial charge in [-0.1, -0.05) is 5.21 Å². The SMILES string of the molecule is COC1C(O)=C(Cn2cc(P(=O)(OCOC(=O)C(C)(C)C)OCOC(=O)C(C)(C)C)nn2)O[C@H]1n1ccc(NC(C)=O)nc1=O. The molecular weight excluding hydrogens is 619 g/mol. The van der Waals surface area contributed by atoms with Crippen LogP contribution in [0.4, 0.5) is 5.82 Å². The third kappa shape index (κ3) is 8.97. The molecule has 1 aliphatic rings. The van der Waals surface area contributed by atoms with Crippen molar-refractivity contribution in [3.05, 3.63) is 40.5 Å². The summed E-state index contributed by atoms with van der Waals surface area (Å²) in [5, 5.41) is 20.9. The van der Waals surface area contributed by atoms with E-state index in [0.717, 1.165) is 15.4 Å². The largest absolute Gasteiger partial charge is 0.506 e. The van der Waals surface area contributed by atoms with E-state index in [1.165, 1.54) is 26.3 Å². The molecule has 0 saturated heterocycles. The quantitative estimate of drug-likeness (QED) is 0.189. The summed E-state index contributed by atoms with van der Waals surface area (Å²) in [6.07, 6.45) is 0.173. The fourth-order valence-electron chi connectivity index (χ4n) is 3.51. The molecule has 0 bridgehead atoms. The number of hydrogen-bond acceptors (Lipinski definition) is 15. The fourth-order valence-corrected chi connectivity index (χ4v) is 4.65. The van der Waals surface area contributed by atoms with Crippen LogP contribution in [0.1, 0.15) is 54.7 Å². The Morgan fingerprint density at radius 2 is 1.64 bits per heavy atom. The second-order valence-electron chi connectivity index (χ2n) is 11.8. The highest BCUT2D eigenvalue weighted by molar-refractivity contribution is 7.61. The van der Waals surface area contributed by atoms with Crippen molar-refractivity contribution in [2.24, 2.45) is 10.8 Å². The molecule has 2 N–H and O–H groups in total. The van der Waals surface area contributed by atoms with E-state index in [1.807, 2.05) is 0 Å². The molecule has 0 fully saturated rings. The van der Waals surface area contributed by atoms with E-state index >= 15 is 0 Å². The molecule has 19 heteroatoms. The molecule has 3 rings (SSSR count). The van der Waals surface area contributed by atoms with Gasteiger partial charge in [-0.25, -0.2) is 9.48 Å². The van der Waals surface area contributed by atoms with Crippen LogP contribution < -0.4 is 16.4 Å². The molecule has 45 heavy (non-hydrogen) atoms. The molecule has 0 spiro atoms. The van der Waals surface area contributed by atoms with Gasteiger partial charge in [0.25, 0.3) is 0 Å². The van der Waals surface area contributed by atoms with Crippen molar-refractivity contribution in [2.75, 3.05) is 26.0 Å². The summed E-state index contributed by atoms with van der Waals surface area (Å²) < 4.78 is 47.8. The van der Waals surface area contributed by atoms with Crippen LogP contribution in [0.2, 0.25) is 0 Å². The molecule has 3 heterocycles. The van der Waals surface area contributed by atoms with Gasteiger partial charge in [-0.15, -0.1) is 5.10 Å². The summed E-state index contributed by atoms with van der Waals surface area (Å²) in [5.41, 5.74) is -2.88. The maximum absolute atomic E-state index is 13.7. The zero-order chi connectivity index (χ0) is 33.7. The molecule has 0 aliphatic carbocycles. The Morgan fingerprint density at radius 3 is 2.13 bits per heavy atom. The highest BCUT2D eigenvalue weighted by Gasteiger charge is 2.40. The smallest absolute Gasteiger partial charge is 0.388 e. The van der Waals surface area contributed by atoms with Gasteiger partial charge in [0.05, 0.1) is 17.0 Å². The number of hydrogen-bond donors (Lipinski definition) is 2. The molecular formula is C26H37N6O12P. The second kappa shape index (κ2) is 13.9. The van der Waals surface area contributed by atoms with Gasteiger partial charge in [0.15, 0.2) is 23.1 Å². The molecule has 1 amide bonds. The van der Waals surface area contributed by atoms with Gasteiger partial charge < -0.3 is 29.4 Å². The third-order valence-corrected chi connectivity index (χ3v) is 7.56. The lowest BCUT2D eigenvalue weighted by Gasteiger charge is -2.20. The summed E-state index contributed by atoms with van der Waals surface area (Å²) >= 11 is 0. The number of esters is 2. The highest BCUT2D eigenvalue weighted by atomic mass is 31.2. The number of nitrogens with one attached hydrogen (secondary N) is 1. The molecule has 1 aliphatic heterocycles. The molecule has 0 saturated carbocycles. The number of nitrogens with zero attached hydrogens (tertiary/aromatic N) is 5. The Kier molecular flexibility index (Phi) is 10.9. The molecule has 2 aromatic heterocycles. The molecule has 0 radical (unpaired) electrons. The lowest BCUT2D eigenvalue weighted by molar-refractivity contribution is -0.161. The van der Waals surface area contributed by atoms with Crippen molar-refractivity contribution in [2.45, 2.75) is 67.3 Å². The number of aromatic nitrogens is 5. The Morgan fingerprint density at radius 1 is 1.07 bits per heavy atom. The molecule has 0 aromatic carbocycles. The molecule has 1 unspecified atom stereocenters. The first-order valence-corrected chi connectivity index (χ1v) is 15.0. The maximum Gasteiger partial charge on any atom is 0.388 e. The lowest BCUT2D eigenvalue weighted by atomic mass is 9.98. The van der Waals surface area contributed by atoms with Crippen LogP contribution in [0.25, 0.3) is 0 Å². The number of anilines is 1. The van der Waals surface area contributed by atoms with E-state index in [2.05, 4.69) is 20.6 Å². The summed E-state index contributed by atoms with van der Waals surface area (Å²) in [7, 11) is -3.11. The molecule has 248 valence electrons. The van der Waals surface area contributed by atoms with E-state index in [-0.39, 0.29) is 29.3 Å². The third-order valence-electron chi connectivity index (χ3n) is 5.90. The highest BCUT2D eigenvalue weighted by Crippen LogP contribution is 2.46. The molecule has 18 nitrogen and oxygen atoms in total. The van der Waals surface area contributed by atoms with Crippen LogP contribution in [0.15, 0.2) is 34.8 Å². The average Bonchev–Trinajstić information content (AvgIpc) is 3.52. The van der Waals surface area contributed by atoms with Crippen molar-refractivity contribution < 1.29 is 52.1 Å². The van der Waals surface area contributed by atoms with E-state index in [4.69, 9.17) is 28.0 Å². The first kappa shape index (κ1) is 35.4. The van der Waals surface area contributed by atoms with Crippen LogP contribution in [-0.4, -0.2) is 74.3 Å². The maximum atomic E-state index is 13.7. The minimum Gasteiger partial charge on any atom is -0.506 e. The van der Waals surface area contributed by atoms with Crippen molar-refractivity contribution in [1.29, 1.82) is 0 Å². The van der Waals surface area contributed by atoms with Gasteiger partial charge in [0, 0.05) is 20.2 Å². The van der Waals surface area contributed by atoms with Crippen LogP contribution in [-0.2, 0) is 53.5 Å². The first-order valence-electron chi connectivity index (χ1n) is 13.5. The summed E-state index contributed by atoms with van der Waals surface area (Å²) in [6, 6.07) is 1.37. The van der Waals surface area contributed by atoms with Crippen molar-refractivity contribution >= 4 is 36.7 Å². The second-order valence-corrected chi connectivity index (χ2v) is 13.8. The zero-order valence-corrected chi connectivity index (χ0v) is 27.0. The van der Waals surface area contributed by atoms with Crippen LogP contribution in [0, 0.1) is 10.8 Å². The molecule has 2 atom stereocenters. The van der Waals surface area contributed by atoms with E-state index in [1.54, 1.807) is 41.5 Å². The van der Waals surface area contributed by atoms with E-state index in [0.29, 0.717) is 0 Å². The van der Waals surface area contributed by atoms with Gasteiger partial charge in [-0.05, 0) is 47.6 Å².